The van der Waals surface area contributed by atoms with Gasteiger partial charge in [0.1, 0.15) is 0 Å². The van der Waals surface area contributed by atoms with E-state index in [0.717, 1.165) is 19.4 Å². The van der Waals surface area contributed by atoms with Crippen molar-refractivity contribution in [2.24, 2.45) is 5.92 Å². The van der Waals surface area contributed by atoms with Crippen molar-refractivity contribution in [2.75, 3.05) is 13.1 Å². The summed E-state index contributed by atoms with van der Waals surface area (Å²) in [5, 5.41) is 18.8. The fraction of sp³-hybridized carbons (Fsp3) is 0.917. The molecule has 84 valence electrons. The lowest BCUT2D eigenvalue weighted by molar-refractivity contribution is 0.0253. The number of aliphatic hydroxyl groups is 1. The summed E-state index contributed by atoms with van der Waals surface area (Å²) in [7, 11) is 0. The first-order valence-corrected chi connectivity index (χ1v) is 6.12. The van der Waals surface area contributed by atoms with E-state index in [1.165, 1.54) is 25.7 Å². The smallest absolute Gasteiger partial charge is 0.0868 e. The number of likely N-dealkylation sites (tertiary alicyclic amines) is 1. The minimum atomic E-state index is -0.122. The fourth-order valence-corrected chi connectivity index (χ4v) is 3.21. The van der Waals surface area contributed by atoms with Crippen molar-refractivity contribution in [1.82, 2.24) is 4.90 Å². The molecule has 0 bridgehead atoms. The maximum Gasteiger partial charge on any atom is 0.0868 e. The zero-order valence-corrected chi connectivity index (χ0v) is 9.23. The van der Waals surface area contributed by atoms with Gasteiger partial charge in [-0.3, -0.25) is 4.90 Å². The zero-order chi connectivity index (χ0) is 10.7. The van der Waals surface area contributed by atoms with Crippen LogP contribution in [-0.2, 0) is 0 Å². The van der Waals surface area contributed by atoms with Crippen LogP contribution in [0, 0.1) is 17.2 Å². The topological polar surface area (TPSA) is 47.3 Å². The number of nitrogens with zero attached hydrogens (tertiary/aromatic N) is 2. The summed E-state index contributed by atoms with van der Waals surface area (Å²) < 4.78 is 0. The number of rotatable bonds is 2. The van der Waals surface area contributed by atoms with E-state index in [2.05, 4.69) is 11.0 Å². The van der Waals surface area contributed by atoms with Crippen molar-refractivity contribution in [3.63, 3.8) is 0 Å². The molecule has 0 spiro atoms. The van der Waals surface area contributed by atoms with Crippen molar-refractivity contribution < 1.29 is 5.11 Å². The molecule has 2 fully saturated rings. The minimum Gasteiger partial charge on any atom is -0.393 e. The van der Waals surface area contributed by atoms with Crippen LogP contribution in [0.2, 0.25) is 0 Å². The Morgan fingerprint density at radius 2 is 2.00 bits per heavy atom. The van der Waals surface area contributed by atoms with Gasteiger partial charge in [-0.25, -0.2) is 0 Å². The second kappa shape index (κ2) is 4.96. The highest BCUT2D eigenvalue weighted by molar-refractivity contribution is 4.93. The standard InChI is InChI=1S/C12H20N2O/c13-7-9-14-8-3-5-11(14)10-4-1-2-6-12(10)15/h10-12,15H,1-6,8-9H2. The van der Waals surface area contributed by atoms with E-state index in [4.69, 9.17) is 5.26 Å². The average Bonchev–Trinajstić information content (AvgIpc) is 2.67. The summed E-state index contributed by atoms with van der Waals surface area (Å²) in [6, 6.07) is 2.71. The lowest BCUT2D eigenvalue weighted by Crippen LogP contribution is -2.42. The van der Waals surface area contributed by atoms with E-state index >= 15 is 0 Å². The molecule has 3 atom stereocenters. The number of hydrogen-bond donors (Lipinski definition) is 1. The Morgan fingerprint density at radius 3 is 2.73 bits per heavy atom. The van der Waals surface area contributed by atoms with E-state index < -0.39 is 0 Å². The summed E-state index contributed by atoms with van der Waals surface area (Å²) in [4.78, 5) is 2.26. The van der Waals surface area contributed by atoms with Crippen LogP contribution in [0.1, 0.15) is 38.5 Å². The van der Waals surface area contributed by atoms with Gasteiger partial charge in [-0.05, 0) is 32.2 Å². The average molecular weight is 208 g/mol. The van der Waals surface area contributed by atoms with Crippen LogP contribution in [0.4, 0.5) is 0 Å². The summed E-state index contributed by atoms with van der Waals surface area (Å²) in [6.07, 6.45) is 6.76. The molecule has 0 radical (unpaired) electrons. The second-order valence-corrected chi connectivity index (χ2v) is 4.85. The zero-order valence-electron chi connectivity index (χ0n) is 9.23. The molecule has 0 aromatic rings. The van der Waals surface area contributed by atoms with Crippen LogP contribution in [0.25, 0.3) is 0 Å². The molecule has 1 N–H and O–H groups in total. The Hall–Kier alpha value is -0.590. The van der Waals surface area contributed by atoms with Gasteiger partial charge >= 0.3 is 0 Å². The predicted octanol–water partition coefficient (Wildman–Crippen LogP) is 1.53. The Bertz CT molecular complexity index is 248. The highest BCUT2D eigenvalue weighted by Gasteiger charge is 2.36. The molecule has 15 heavy (non-hydrogen) atoms. The summed E-state index contributed by atoms with van der Waals surface area (Å²) in [5.41, 5.74) is 0. The van der Waals surface area contributed by atoms with Gasteiger partial charge in [0.05, 0.1) is 18.7 Å². The molecule has 3 unspecified atom stereocenters. The molecule has 0 amide bonds. The minimum absolute atomic E-state index is 0.122. The molecule has 3 heteroatoms. The van der Waals surface area contributed by atoms with Crippen LogP contribution in [0.5, 0.6) is 0 Å². The lowest BCUT2D eigenvalue weighted by atomic mass is 9.80. The van der Waals surface area contributed by atoms with Crippen molar-refractivity contribution in [3.05, 3.63) is 0 Å². The van der Waals surface area contributed by atoms with Crippen molar-refractivity contribution in [2.45, 2.75) is 50.7 Å². The largest absolute Gasteiger partial charge is 0.393 e. The van der Waals surface area contributed by atoms with Gasteiger partial charge in [0.2, 0.25) is 0 Å². The van der Waals surface area contributed by atoms with E-state index in [1.54, 1.807) is 0 Å². The van der Waals surface area contributed by atoms with Gasteiger partial charge in [0.15, 0.2) is 0 Å². The number of nitriles is 1. The third-order valence-corrected chi connectivity index (χ3v) is 3.96. The Balaban J connectivity index is 1.98. The molecule has 0 aromatic carbocycles. The van der Waals surface area contributed by atoms with Gasteiger partial charge in [-0.1, -0.05) is 12.8 Å². The Kier molecular flexibility index (Phi) is 3.61. The molecule has 1 saturated carbocycles. The maximum atomic E-state index is 10.0. The maximum absolute atomic E-state index is 10.0. The molecule has 3 nitrogen and oxygen atoms in total. The first-order valence-electron chi connectivity index (χ1n) is 6.12. The Morgan fingerprint density at radius 1 is 1.20 bits per heavy atom. The molecule has 1 aliphatic carbocycles. The first-order chi connectivity index (χ1) is 7.33. The molecule has 1 aliphatic heterocycles. The predicted molar refractivity (Wildman–Crippen MR) is 58.2 cm³/mol. The van der Waals surface area contributed by atoms with Crippen molar-refractivity contribution >= 4 is 0 Å². The van der Waals surface area contributed by atoms with Crippen LogP contribution >= 0.6 is 0 Å². The first kappa shape index (κ1) is 10.9. The molecular weight excluding hydrogens is 188 g/mol. The van der Waals surface area contributed by atoms with E-state index in [9.17, 15) is 5.11 Å². The lowest BCUT2D eigenvalue weighted by Gasteiger charge is -2.36. The van der Waals surface area contributed by atoms with Gasteiger partial charge in [-0.15, -0.1) is 0 Å². The highest BCUT2D eigenvalue weighted by Crippen LogP contribution is 2.34. The quantitative estimate of drug-likeness (QED) is 0.700. The monoisotopic (exact) mass is 208 g/mol. The summed E-state index contributed by atoms with van der Waals surface area (Å²) >= 11 is 0. The van der Waals surface area contributed by atoms with Crippen LogP contribution in [-0.4, -0.2) is 35.2 Å². The molecule has 2 rings (SSSR count). The SMILES string of the molecule is N#CCN1CCCC1C1CCCCC1O. The van der Waals surface area contributed by atoms with Gasteiger partial charge in [0.25, 0.3) is 0 Å². The normalized spacial score (nSPS) is 37.7. The number of aliphatic hydroxyl groups excluding tert-OH is 1. The number of hydrogen-bond acceptors (Lipinski definition) is 3. The van der Waals surface area contributed by atoms with Crippen molar-refractivity contribution in [3.8, 4) is 6.07 Å². The van der Waals surface area contributed by atoms with E-state index in [0.29, 0.717) is 18.5 Å². The molecule has 1 saturated heterocycles. The van der Waals surface area contributed by atoms with Crippen LogP contribution in [0.15, 0.2) is 0 Å². The van der Waals surface area contributed by atoms with Crippen LogP contribution < -0.4 is 0 Å². The van der Waals surface area contributed by atoms with E-state index in [1.807, 2.05) is 0 Å². The summed E-state index contributed by atoms with van der Waals surface area (Å²) in [6.45, 7) is 1.58. The molecular formula is C12H20N2O. The summed E-state index contributed by atoms with van der Waals surface area (Å²) in [5.74, 6) is 0.426. The van der Waals surface area contributed by atoms with Crippen molar-refractivity contribution in [1.29, 1.82) is 5.26 Å². The molecule has 0 aromatic heterocycles. The van der Waals surface area contributed by atoms with Gasteiger partial charge in [-0.2, -0.15) is 5.26 Å². The van der Waals surface area contributed by atoms with Gasteiger partial charge in [0, 0.05) is 12.0 Å². The third kappa shape index (κ3) is 2.32. The van der Waals surface area contributed by atoms with Gasteiger partial charge < -0.3 is 5.11 Å². The Labute approximate surface area is 91.7 Å². The molecule has 2 aliphatic rings. The highest BCUT2D eigenvalue weighted by atomic mass is 16.3. The van der Waals surface area contributed by atoms with Crippen LogP contribution in [0.3, 0.4) is 0 Å². The fourth-order valence-electron chi connectivity index (χ4n) is 3.21. The molecule has 1 heterocycles. The second-order valence-electron chi connectivity index (χ2n) is 4.85. The third-order valence-electron chi connectivity index (χ3n) is 3.96. The van der Waals surface area contributed by atoms with E-state index in [-0.39, 0.29) is 6.10 Å².